The van der Waals surface area contributed by atoms with Crippen LogP contribution in [0.25, 0.3) is 0 Å². The molecular formula is C7H10N2O2. The summed E-state index contributed by atoms with van der Waals surface area (Å²) in [6.07, 6.45) is 2.53. The molecule has 0 spiro atoms. The molecule has 0 aliphatic rings. The largest absolute Gasteiger partial charge is 0.334 e. The van der Waals surface area contributed by atoms with Gasteiger partial charge in [0.05, 0.1) is 0 Å². The summed E-state index contributed by atoms with van der Waals surface area (Å²) in [4.78, 5) is 21.1. The van der Waals surface area contributed by atoms with Crippen molar-refractivity contribution < 1.29 is 9.59 Å². The molecule has 2 N–H and O–H groups in total. The monoisotopic (exact) mass is 154 g/mol. The van der Waals surface area contributed by atoms with E-state index in [1.54, 1.807) is 0 Å². The molecule has 60 valence electrons. The van der Waals surface area contributed by atoms with Crippen molar-refractivity contribution in [2.45, 2.75) is 0 Å². The van der Waals surface area contributed by atoms with Crippen LogP contribution >= 0.6 is 0 Å². The molecule has 0 aromatic rings. The van der Waals surface area contributed by atoms with Crippen molar-refractivity contribution in [3.63, 3.8) is 0 Å². The fraction of sp³-hybridized carbons (Fsp3) is 0.143. The van der Waals surface area contributed by atoms with Crippen molar-refractivity contribution in [3.8, 4) is 0 Å². The molecule has 0 atom stereocenters. The second-order valence-electron chi connectivity index (χ2n) is 1.69. The van der Waals surface area contributed by atoms with E-state index >= 15 is 0 Å². The van der Waals surface area contributed by atoms with Crippen LogP contribution in [0.15, 0.2) is 25.3 Å². The first-order valence-corrected chi connectivity index (χ1v) is 3.03. The van der Waals surface area contributed by atoms with Gasteiger partial charge in [0.2, 0.25) is 0 Å². The maximum atomic E-state index is 10.6. The predicted molar refractivity (Wildman–Crippen MR) is 41.9 cm³/mol. The zero-order valence-electron chi connectivity index (χ0n) is 6.09. The van der Waals surface area contributed by atoms with E-state index in [2.05, 4.69) is 18.5 Å². The second-order valence-corrected chi connectivity index (χ2v) is 1.69. The van der Waals surface area contributed by atoms with Crippen LogP contribution in [0.3, 0.4) is 0 Å². The third-order valence-corrected chi connectivity index (χ3v) is 0.829. The van der Waals surface area contributed by atoms with Gasteiger partial charge >= 0.3 is 6.03 Å². The van der Waals surface area contributed by atoms with Gasteiger partial charge in [0, 0.05) is 6.54 Å². The van der Waals surface area contributed by atoms with Crippen molar-refractivity contribution >= 4 is 11.9 Å². The summed E-state index contributed by atoms with van der Waals surface area (Å²) < 4.78 is 0. The Bertz CT molecular complexity index is 187. The molecule has 0 saturated heterocycles. The molecule has 0 saturated carbocycles. The smallest absolute Gasteiger partial charge is 0.321 e. The van der Waals surface area contributed by atoms with Gasteiger partial charge in [-0.15, -0.1) is 6.58 Å². The number of rotatable bonds is 3. The zero-order valence-corrected chi connectivity index (χ0v) is 6.09. The minimum atomic E-state index is -0.546. The Morgan fingerprint density at radius 1 is 1.36 bits per heavy atom. The number of imide groups is 1. The highest BCUT2D eigenvalue weighted by Gasteiger charge is 2.00. The third kappa shape index (κ3) is 4.90. The van der Waals surface area contributed by atoms with E-state index in [1.165, 1.54) is 6.08 Å². The summed E-state index contributed by atoms with van der Waals surface area (Å²) in [6.45, 7) is 6.90. The van der Waals surface area contributed by atoms with E-state index < -0.39 is 11.9 Å². The Balaban J connectivity index is 3.60. The van der Waals surface area contributed by atoms with Crippen LogP contribution in [0.4, 0.5) is 4.79 Å². The first-order valence-electron chi connectivity index (χ1n) is 3.03. The number of urea groups is 1. The minimum Gasteiger partial charge on any atom is -0.334 e. The molecule has 4 heteroatoms. The zero-order chi connectivity index (χ0) is 8.69. The van der Waals surface area contributed by atoms with Gasteiger partial charge in [-0.05, 0) is 6.08 Å². The summed E-state index contributed by atoms with van der Waals surface area (Å²) in [7, 11) is 0. The molecule has 0 aliphatic carbocycles. The average Bonchev–Trinajstić information content (AvgIpc) is 2.00. The summed E-state index contributed by atoms with van der Waals surface area (Å²) in [5.41, 5.74) is 0. The number of hydrogen-bond donors (Lipinski definition) is 2. The normalized spacial score (nSPS) is 8.00. The number of nitrogens with one attached hydrogen (secondary N) is 2. The average molecular weight is 154 g/mol. The second kappa shape index (κ2) is 5.22. The molecule has 0 unspecified atom stereocenters. The van der Waals surface area contributed by atoms with Gasteiger partial charge in [-0.2, -0.15) is 0 Å². The van der Waals surface area contributed by atoms with Crippen molar-refractivity contribution in [2.24, 2.45) is 0 Å². The van der Waals surface area contributed by atoms with Crippen LogP contribution in [-0.2, 0) is 4.79 Å². The molecule has 0 aromatic heterocycles. The lowest BCUT2D eigenvalue weighted by Crippen LogP contribution is -2.38. The van der Waals surface area contributed by atoms with E-state index in [9.17, 15) is 9.59 Å². The molecule has 4 nitrogen and oxygen atoms in total. The van der Waals surface area contributed by atoms with Crippen LogP contribution in [0.2, 0.25) is 0 Å². The predicted octanol–water partition coefficient (Wildman–Crippen LogP) is 0.184. The topological polar surface area (TPSA) is 58.2 Å². The van der Waals surface area contributed by atoms with E-state index in [0.29, 0.717) is 6.54 Å². The van der Waals surface area contributed by atoms with Gasteiger partial charge in [-0.3, -0.25) is 10.1 Å². The summed E-state index contributed by atoms with van der Waals surface area (Å²) >= 11 is 0. The van der Waals surface area contributed by atoms with Crippen molar-refractivity contribution in [1.82, 2.24) is 10.6 Å². The van der Waals surface area contributed by atoms with E-state index in [1.807, 2.05) is 5.32 Å². The van der Waals surface area contributed by atoms with Gasteiger partial charge in [0.25, 0.3) is 5.91 Å². The Labute approximate surface area is 65.0 Å². The number of carbonyl (C=O) groups is 2. The highest BCUT2D eigenvalue weighted by molar-refractivity contribution is 5.99. The number of hydrogen-bond acceptors (Lipinski definition) is 2. The van der Waals surface area contributed by atoms with Gasteiger partial charge in [-0.25, -0.2) is 4.79 Å². The molecule has 0 aromatic carbocycles. The first-order chi connectivity index (χ1) is 5.20. The Kier molecular flexibility index (Phi) is 4.47. The standard InChI is InChI=1S/C7H10N2O2/c1-3-5-8-7(11)9-6(10)4-2/h3-4H,1-2,5H2,(H2,8,9,10,11). The van der Waals surface area contributed by atoms with Crippen LogP contribution in [-0.4, -0.2) is 18.5 Å². The van der Waals surface area contributed by atoms with Crippen molar-refractivity contribution in [3.05, 3.63) is 25.3 Å². The lowest BCUT2D eigenvalue weighted by molar-refractivity contribution is -0.115. The highest BCUT2D eigenvalue weighted by Crippen LogP contribution is 1.68. The molecular weight excluding hydrogens is 144 g/mol. The highest BCUT2D eigenvalue weighted by atomic mass is 16.2. The fourth-order valence-electron chi connectivity index (χ4n) is 0.372. The lowest BCUT2D eigenvalue weighted by Gasteiger charge is -2.00. The molecule has 0 fully saturated rings. The van der Waals surface area contributed by atoms with Crippen molar-refractivity contribution in [2.75, 3.05) is 6.54 Å². The maximum Gasteiger partial charge on any atom is 0.321 e. The van der Waals surface area contributed by atoms with Gasteiger partial charge < -0.3 is 5.32 Å². The Morgan fingerprint density at radius 2 is 2.00 bits per heavy atom. The Morgan fingerprint density at radius 3 is 2.45 bits per heavy atom. The third-order valence-electron chi connectivity index (χ3n) is 0.829. The Hall–Kier alpha value is -1.58. The minimum absolute atomic E-state index is 0.330. The fourth-order valence-corrected chi connectivity index (χ4v) is 0.372. The van der Waals surface area contributed by atoms with Gasteiger partial charge in [0.15, 0.2) is 0 Å². The SMILES string of the molecule is C=CCNC(=O)NC(=O)C=C. The first kappa shape index (κ1) is 9.42. The number of amides is 3. The molecule has 3 amide bonds. The lowest BCUT2D eigenvalue weighted by atomic mass is 10.6. The van der Waals surface area contributed by atoms with Crippen LogP contribution < -0.4 is 10.6 Å². The molecule has 0 rings (SSSR count). The quantitative estimate of drug-likeness (QED) is 0.450. The molecule has 0 bridgehead atoms. The summed E-state index contributed by atoms with van der Waals surface area (Å²) in [5, 5.41) is 4.37. The molecule has 11 heavy (non-hydrogen) atoms. The van der Waals surface area contributed by atoms with E-state index in [-0.39, 0.29) is 0 Å². The maximum absolute atomic E-state index is 10.6. The molecule has 0 aliphatic heterocycles. The molecule has 0 radical (unpaired) electrons. The van der Waals surface area contributed by atoms with Crippen molar-refractivity contribution in [1.29, 1.82) is 0 Å². The van der Waals surface area contributed by atoms with E-state index in [4.69, 9.17) is 0 Å². The summed E-state index contributed by atoms with van der Waals surface area (Å²) in [5.74, 6) is -0.522. The van der Waals surface area contributed by atoms with Crippen LogP contribution in [0.5, 0.6) is 0 Å². The van der Waals surface area contributed by atoms with Gasteiger partial charge in [-0.1, -0.05) is 12.7 Å². The van der Waals surface area contributed by atoms with E-state index in [0.717, 1.165) is 6.08 Å². The molecule has 0 heterocycles. The summed E-state index contributed by atoms with van der Waals surface area (Å²) in [6, 6.07) is -0.546. The van der Waals surface area contributed by atoms with Gasteiger partial charge in [0.1, 0.15) is 0 Å². The van der Waals surface area contributed by atoms with Crippen LogP contribution in [0, 0.1) is 0 Å². The van der Waals surface area contributed by atoms with Crippen LogP contribution in [0.1, 0.15) is 0 Å². The number of carbonyl (C=O) groups excluding carboxylic acids is 2.